The van der Waals surface area contributed by atoms with E-state index in [2.05, 4.69) is 6.92 Å². The average molecular weight is 569 g/mol. The highest BCUT2D eigenvalue weighted by atomic mass is 16.5. The van der Waals surface area contributed by atoms with Crippen LogP contribution in [-0.2, 0) is 33.4 Å². The molecule has 3 saturated carbocycles. The van der Waals surface area contributed by atoms with Gasteiger partial charge in [0.2, 0.25) is 0 Å². The molecule has 1 unspecified atom stereocenters. The van der Waals surface area contributed by atoms with Crippen LogP contribution >= 0.6 is 0 Å². The van der Waals surface area contributed by atoms with Crippen LogP contribution in [0.2, 0.25) is 0 Å². The molecule has 0 aromatic heterocycles. The van der Waals surface area contributed by atoms with E-state index in [1.165, 1.54) is 13.8 Å². The maximum Gasteiger partial charge on any atom is 0.331 e. The van der Waals surface area contributed by atoms with Gasteiger partial charge >= 0.3 is 17.9 Å². The number of carboxylic acids is 1. The summed E-state index contributed by atoms with van der Waals surface area (Å²) in [4.78, 5) is 64.9. The monoisotopic (exact) mass is 568 g/mol. The van der Waals surface area contributed by atoms with Gasteiger partial charge in [-0.1, -0.05) is 45.4 Å². The molecule has 0 radical (unpaired) electrons. The summed E-state index contributed by atoms with van der Waals surface area (Å²) in [6.45, 7) is 14.3. The second-order valence-electron chi connectivity index (χ2n) is 13.5. The molecule has 224 valence electrons. The lowest BCUT2D eigenvalue weighted by Gasteiger charge is -2.66. The first-order valence-corrected chi connectivity index (χ1v) is 14.7. The van der Waals surface area contributed by atoms with Gasteiger partial charge in [-0.25, -0.2) is 4.79 Å². The lowest BCUT2D eigenvalue weighted by Crippen LogP contribution is -2.69. The highest BCUT2D eigenvalue weighted by Gasteiger charge is 2.74. The SMILES string of the molecule is CC(=O)O[C@H]1C[C@@]2(C)[C@@H](CC[C@H]3[C@@]4(C)C=CC(=O)[C@@H](C)C4[C@H](OC(C)=O)C(=O)[C@@]32C)/C1=C(\CCC=C(C)C)C(=O)O. The third-order valence-electron chi connectivity index (χ3n) is 11.0. The molecule has 4 aliphatic carbocycles. The number of rotatable bonds is 6. The van der Waals surface area contributed by atoms with Crippen molar-refractivity contribution in [1.29, 1.82) is 0 Å². The number of carboxylic acid groups (broad SMARTS) is 1. The van der Waals surface area contributed by atoms with Gasteiger partial charge < -0.3 is 14.6 Å². The smallest absolute Gasteiger partial charge is 0.331 e. The van der Waals surface area contributed by atoms with Crippen molar-refractivity contribution in [2.24, 2.45) is 39.9 Å². The Balaban J connectivity index is 1.93. The Bertz CT molecular complexity index is 1270. The van der Waals surface area contributed by atoms with E-state index < -0.39 is 58.2 Å². The Morgan fingerprint density at radius 1 is 1.02 bits per heavy atom. The van der Waals surface area contributed by atoms with E-state index in [9.17, 15) is 29.1 Å². The molecule has 41 heavy (non-hydrogen) atoms. The standard InChI is InChI=1S/C33H44O8/c1-17(2)10-9-11-21(30(38)39)26-22-12-13-25-31(6)15-14-23(36)18(3)27(31)28(41-20(5)35)29(37)33(25,8)32(22,7)16-24(26)40-19(4)34/h10,14-15,18,22,24-25,27-28H,9,11-13,16H2,1-8H3,(H,38,39)/b26-21-/t18-,22+,24+,25+,27?,28+,31-,32+,33-/m1/s1. The van der Waals surface area contributed by atoms with Gasteiger partial charge in [0.15, 0.2) is 17.7 Å². The van der Waals surface area contributed by atoms with Crippen LogP contribution in [0.1, 0.15) is 87.5 Å². The topological polar surface area (TPSA) is 124 Å². The fourth-order valence-corrected chi connectivity index (χ4v) is 9.19. The Morgan fingerprint density at radius 3 is 2.22 bits per heavy atom. The molecule has 8 heteroatoms. The number of allylic oxidation sites excluding steroid dienone is 4. The lowest BCUT2D eigenvalue weighted by atomic mass is 9.37. The second kappa shape index (κ2) is 10.7. The van der Waals surface area contributed by atoms with Crippen LogP contribution < -0.4 is 0 Å². The Kier molecular flexibility index (Phi) is 8.04. The molecule has 0 amide bonds. The molecule has 0 aromatic carbocycles. The third-order valence-corrected chi connectivity index (χ3v) is 11.0. The molecule has 8 nitrogen and oxygen atoms in total. The van der Waals surface area contributed by atoms with Crippen LogP contribution in [0.4, 0.5) is 0 Å². The van der Waals surface area contributed by atoms with Crippen LogP contribution in [0.15, 0.2) is 34.9 Å². The van der Waals surface area contributed by atoms with Crippen molar-refractivity contribution in [2.75, 3.05) is 0 Å². The first-order chi connectivity index (χ1) is 19.0. The molecule has 9 atom stereocenters. The van der Waals surface area contributed by atoms with E-state index in [4.69, 9.17) is 9.47 Å². The van der Waals surface area contributed by atoms with E-state index in [1.807, 2.05) is 39.8 Å². The van der Waals surface area contributed by atoms with Crippen molar-refractivity contribution in [3.63, 3.8) is 0 Å². The van der Waals surface area contributed by atoms with Crippen molar-refractivity contribution in [1.82, 2.24) is 0 Å². The summed E-state index contributed by atoms with van der Waals surface area (Å²) in [5.41, 5.74) is -0.526. The van der Waals surface area contributed by atoms with Crippen LogP contribution in [0, 0.1) is 39.9 Å². The minimum atomic E-state index is -1.12. The second-order valence-corrected chi connectivity index (χ2v) is 13.5. The molecule has 0 aromatic rings. The molecule has 1 N–H and O–H groups in total. The Hall–Kier alpha value is -3.03. The molecule has 4 aliphatic rings. The zero-order valence-electron chi connectivity index (χ0n) is 25.5. The number of carbonyl (C=O) groups excluding carboxylic acids is 4. The fourth-order valence-electron chi connectivity index (χ4n) is 9.19. The number of ketones is 2. The summed E-state index contributed by atoms with van der Waals surface area (Å²) in [6, 6.07) is 0. The minimum absolute atomic E-state index is 0.0931. The lowest BCUT2D eigenvalue weighted by molar-refractivity contribution is -0.207. The fraction of sp³-hybridized carbons (Fsp3) is 0.667. The van der Waals surface area contributed by atoms with Gasteiger partial charge in [0.1, 0.15) is 6.10 Å². The maximum atomic E-state index is 14.7. The van der Waals surface area contributed by atoms with Crippen LogP contribution in [0.25, 0.3) is 0 Å². The van der Waals surface area contributed by atoms with Crippen molar-refractivity contribution in [3.8, 4) is 0 Å². The number of carbonyl (C=O) groups is 5. The molecular formula is C33H44O8. The summed E-state index contributed by atoms with van der Waals surface area (Å²) in [5.74, 6) is -3.98. The molecular weight excluding hydrogens is 524 g/mol. The van der Waals surface area contributed by atoms with Crippen molar-refractivity contribution < 1.29 is 38.6 Å². The van der Waals surface area contributed by atoms with Gasteiger partial charge in [-0.2, -0.15) is 0 Å². The van der Waals surface area contributed by atoms with E-state index in [-0.39, 0.29) is 41.8 Å². The van der Waals surface area contributed by atoms with Crippen LogP contribution in [0.3, 0.4) is 0 Å². The first kappa shape index (κ1) is 30.9. The van der Waals surface area contributed by atoms with E-state index in [0.29, 0.717) is 24.8 Å². The van der Waals surface area contributed by atoms with Crippen molar-refractivity contribution in [2.45, 2.75) is 99.7 Å². The van der Waals surface area contributed by atoms with Gasteiger partial charge in [0.25, 0.3) is 0 Å². The van der Waals surface area contributed by atoms with Gasteiger partial charge in [-0.05, 0) is 80.3 Å². The van der Waals surface area contributed by atoms with Gasteiger partial charge in [-0.15, -0.1) is 0 Å². The van der Waals surface area contributed by atoms with Gasteiger partial charge in [-0.3, -0.25) is 19.2 Å². The summed E-state index contributed by atoms with van der Waals surface area (Å²) in [5, 5.41) is 10.4. The molecule has 3 fully saturated rings. The quantitative estimate of drug-likeness (QED) is 0.257. The van der Waals surface area contributed by atoms with Crippen molar-refractivity contribution in [3.05, 3.63) is 34.9 Å². The predicted octanol–water partition coefficient (Wildman–Crippen LogP) is 5.40. The summed E-state index contributed by atoms with van der Waals surface area (Å²) in [7, 11) is 0. The number of ether oxygens (including phenoxy) is 2. The summed E-state index contributed by atoms with van der Waals surface area (Å²) >= 11 is 0. The normalized spacial score (nSPS) is 40.6. The Morgan fingerprint density at radius 2 is 1.66 bits per heavy atom. The van der Waals surface area contributed by atoms with Gasteiger partial charge in [0.05, 0.1) is 0 Å². The number of hydrogen-bond donors (Lipinski definition) is 1. The zero-order chi connectivity index (χ0) is 30.7. The molecule has 0 aliphatic heterocycles. The van der Waals surface area contributed by atoms with E-state index >= 15 is 0 Å². The summed E-state index contributed by atoms with van der Waals surface area (Å²) in [6.07, 6.45) is 5.95. The number of fused-ring (bicyclic) bond motifs is 5. The molecule has 0 saturated heterocycles. The highest BCUT2D eigenvalue weighted by molar-refractivity contribution is 5.98. The molecule has 0 heterocycles. The zero-order valence-corrected chi connectivity index (χ0v) is 25.5. The van der Waals surface area contributed by atoms with Crippen LogP contribution in [-0.4, -0.2) is 46.8 Å². The first-order valence-electron chi connectivity index (χ1n) is 14.7. The van der Waals surface area contributed by atoms with Crippen molar-refractivity contribution >= 4 is 29.5 Å². The third kappa shape index (κ3) is 4.71. The molecule has 0 spiro atoms. The minimum Gasteiger partial charge on any atom is -0.478 e. The van der Waals surface area contributed by atoms with E-state index in [1.54, 1.807) is 13.0 Å². The Labute approximate surface area is 242 Å². The van der Waals surface area contributed by atoms with Gasteiger partial charge in [0, 0.05) is 36.7 Å². The number of hydrogen-bond acceptors (Lipinski definition) is 7. The maximum absolute atomic E-state index is 14.7. The number of aliphatic carboxylic acids is 1. The highest BCUT2D eigenvalue weighted by Crippen LogP contribution is 2.73. The van der Waals surface area contributed by atoms with Crippen LogP contribution in [0.5, 0.6) is 0 Å². The average Bonchev–Trinajstić information content (AvgIpc) is 3.14. The molecule has 0 bridgehead atoms. The largest absolute Gasteiger partial charge is 0.478 e. The number of Topliss-reactive ketones (excluding diaryl/α,β-unsaturated/α-hetero) is 1. The van der Waals surface area contributed by atoms with E-state index in [0.717, 1.165) is 5.57 Å². The molecule has 4 rings (SSSR count). The predicted molar refractivity (Wildman–Crippen MR) is 151 cm³/mol. The number of esters is 2. The summed E-state index contributed by atoms with van der Waals surface area (Å²) < 4.78 is 11.6.